The molecule has 1 N–H and O–H groups in total. The summed E-state index contributed by atoms with van der Waals surface area (Å²) in [4.78, 5) is 17.5. The summed E-state index contributed by atoms with van der Waals surface area (Å²) in [5.41, 5.74) is 0.670. The maximum Gasteiger partial charge on any atom is 0.416 e. The first-order valence-electron chi connectivity index (χ1n) is 11.0. The number of nitrogens with one attached hydrogen (secondary N) is 1. The Bertz CT molecular complexity index is 1380. The predicted octanol–water partition coefficient (Wildman–Crippen LogP) is 5.94. The molecule has 2 heterocycles. The Labute approximate surface area is 219 Å². The lowest BCUT2D eigenvalue weighted by molar-refractivity contribution is -0.137. The minimum absolute atomic E-state index is 0.0699. The van der Waals surface area contributed by atoms with E-state index in [0.717, 1.165) is 28.3 Å². The largest absolute Gasteiger partial charge is 0.497 e. The Hall–Kier alpha value is -3.64. The van der Waals surface area contributed by atoms with Gasteiger partial charge in [-0.3, -0.25) is 9.36 Å². The van der Waals surface area contributed by atoms with Gasteiger partial charge in [0, 0.05) is 29.6 Å². The smallest absolute Gasteiger partial charge is 0.416 e. The number of carbonyl (C=O) groups excluding carboxylic acids is 1. The van der Waals surface area contributed by atoms with Gasteiger partial charge in [-0.1, -0.05) is 36.0 Å². The van der Waals surface area contributed by atoms with Crippen molar-refractivity contribution < 1.29 is 22.7 Å². The normalized spacial score (nSPS) is 11.4. The molecule has 4 rings (SSSR count). The van der Waals surface area contributed by atoms with Gasteiger partial charge < -0.3 is 10.1 Å². The number of anilines is 1. The van der Waals surface area contributed by atoms with Crippen molar-refractivity contribution in [3.05, 3.63) is 83.4 Å². The first-order chi connectivity index (χ1) is 17.8. The van der Waals surface area contributed by atoms with Crippen LogP contribution in [-0.2, 0) is 23.9 Å². The lowest BCUT2D eigenvalue weighted by atomic mass is 10.1. The van der Waals surface area contributed by atoms with Gasteiger partial charge in [-0.05, 0) is 35.9 Å². The third-order valence-electron chi connectivity index (χ3n) is 5.14. The van der Waals surface area contributed by atoms with Crippen LogP contribution in [0.1, 0.15) is 16.0 Å². The Morgan fingerprint density at radius 2 is 2.00 bits per heavy atom. The third-order valence-corrected chi connectivity index (χ3v) is 7.02. The van der Waals surface area contributed by atoms with Gasteiger partial charge >= 0.3 is 6.18 Å². The van der Waals surface area contributed by atoms with Crippen LogP contribution in [0.4, 0.5) is 18.3 Å². The van der Waals surface area contributed by atoms with Gasteiger partial charge in [-0.2, -0.15) is 13.2 Å². The Morgan fingerprint density at radius 3 is 2.70 bits per heavy atom. The van der Waals surface area contributed by atoms with E-state index in [2.05, 4.69) is 27.1 Å². The first-order valence-corrected chi connectivity index (χ1v) is 12.8. The van der Waals surface area contributed by atoms with Gasteiger partial charge in [-0.25, -0.2) is 4.98 Å². The van der Waals surface area contributed by atoms with E-state index in [1.54, 1.807) is 25.4 Å². The number of aromatic nitrogens is 4. The molecule has 4 aromatic rings. The number of carbonyl (C=O) groups is 1. The highest BCUT2D eigenvalue weighted by atomic mass is 32.2. The molecule has 7 nitrogen and oxygen atoms in total. The fourth-order valence-corrected chi connectivity index (χ4v) is 5.04. The number of halogens is 3. The van der Waals surface area contributed by atoms with Crippen LogP contribution in [0, 0.1) is 0 Å². The highest BCUT2D eigenvalue weighted by Gasteiger charge is 2.30. The van der Waals surface area contributed by atoms with E-state index in [1.807, 2.05) is 28.8 Å². The molecule has 0 fully saturated rings. The second-order valence-electron chi connectivity index (χ2n) is 7.78. The van der Waals surface area contributed by atoms with Crippen molar-refractivity contribution in [1.82, 2.24) is 19.7 Å². The second-order valence-corrected chi connectivity index (χ2v) is 9.84. The SMILES string of the molecule is C=CCn1c(SCC(=O)Nc2ncc(Cc3cccc(C(F)(F)F)c3)s2)nnc1-c1ccc(OC)cc1. The third kappa shape index (κ3) is 6.77. The molecule has 0 bridgehead atoms. The van der Waals surface area contributed by atoms with Crippen LogP contribution in [0.2, 0.25) is 0 Å². The monoisotopic (exact) mass is 545 g/mol. The number of nitrogens with zero attached hydrogens (tertiary/aromatic N) is 4. The zero-order chi connectivity index (χ0) is 26.4. The highest BCUT2D eigenvalue weighted by Crippen LogP contribution is 2.31. The van der Waals surface area contributed by atoms with Crippen molar-refractivity contribution in [1.29, 1.82) is 0 Å². The van der Waals surface area contributed by atoms with Gasteiger partial charge in [0.05, 0.1) is 18.4 Å². The number of thiazole rings is 1. The van der Waals surface area contributed by atoms with Crippen molar-refractivity contribution >= 4 is 34.1 Å². The topological polar surface area (TPSA) is 81.9 Å². The zero-order valence-electron chi connectivity index (χ0n) is 19.7. The molecule has 0 atom stereocenters. The van der Waals surface area contributed by atoms with Crippen molar-refractivity contribution in [3.63, 3.8) is 0 Å². The van der Waals surface area contributed by atoms with Crippen molar-refractivity contribution in [2.45, 2.75) is 24.3 Å². The number of hydrogen-bond acceptors (Lipinski definition) is 7. The zero-order valence-corrected chi connectivity index (χ0v) is 21.3. The summed E-state index contributed by atoms with van der Waals surface area (Å²) in [7, 11) is 1.60. The van der Waals surface area contributed by atoms with Crippen LogP contribution in [0.15, 0.2) is 72.5 Å². The molecular weight excluding hydrogens is 523 g/mol. The molecule has 192 valence electrons. The molecule has 0 aliphatic heterocycles. The molecule has 0 unspecified atom stereocenters. The van der Waals surface area contributed by atoms with Crippen LogP contribution in [-0.4, -0.2) is 38.5 Å². The van der Waals surface area contributed by atoms with Crippen LogP contribution in [0.5, 0.6) is 5.75 Å². The average molecular weight is 546 g/mol. The Kier molecular flexibility index (Phi) is 8.29. The number of hydrogen-bond donors (Lipinski definition) is 1. The van der Waals surface area contributed by atoms with Gasteiger partial charge in [0.1, 0.15) is 5.75 Å². The maximum absolute atomic E-state index is 13.0. The second kappa shape index (κ2) is 11.6. The summed E-state index contributed by atoms with van der Waals surface area (Å²) in [6.45, 7) is 4.25. The van der Waals surface area contributed by atoms with E-state index in [9.17, 15) is 18.0 Å². The summed E-state index contributed by atoms with van der Waals surface area (Å²) in [5, 5.41) is 12.2. The average Bonchev–Trinajstić information content (AvgIpc) is 3.49. The quantitative estimate of drug-likeness (QED) is 0.196. The minimum atomic E-state index is -4.40. The predicted molar refractivity (Wildman–Crippen MR) is 138 cm³/mol. The number of benzene rings is 2. The number of ether oxygens (including phenoxy) is 1. The number of methoxy groups -OCH3 is 1. The number of amides is 1. The van der Waals surface area contributed by atoms with Crippen LogP contribution < -0.4 is 10.1 Å². The van der Waals surface area contributed by atoms with E-state index in [1.165, 1.54) is 29.2 Å². The summed E-state index contributed by atoms with van der Waals surface area (Å²) in [6, 6.07) is 12.6. The fraction of sp³-hybridized carbons (Fsp3) is 0.200. The summed E-state index contributed by atoms with van der Waals surface area (Å²) in [5.74, 6) is 1.15. The van der Waals surface area contributed by atoms with E-state index in [-0.39, 0.29) is 18.1 Å². The lowest BCUT2D eigenvalue weighted by Gasteiger charge is -2.08. The molecule has 2 aromatic carbocycles. The Balaban J connectivity index is 1.37. The molecule has 1 amide bonds. The lowest BCUT2D eigenvalue weighted by Crippen LogP contribution is -2.14. The van der Waals surface area contributed by atoms with E-state index >= 15 is 0 Å². The molecule has 0 aliphatic carbocycles. The molecular formula is C25H22F3N5O2S2. The van der Waals surface area contributed by atoms with Crippen molar-refractivity contribution in [2.75, 3.05) is 18.2 Å². The van der Waals surface area contributed by atoms with Crippen LogP contribution in [0.25, 0.3) is 11.4 Å². The number of rotatable bonds is 10. The Morgan fingerprint density at radius 1 is 1.22 bits per heavy atom. The van der Waals surface area contributed by atoms with Gasteiger partial charge in [-0.15, -0.1) is 28.1 Å². The molecule has 0 saturated heterocycles. The van der Waals surface area contributed by atoms with Crippen LogP contribution >= 0.6 is 23.1 Å². The number of allylic oxidation sites excluding steroid dienone is 1. The minimum Gasteiger partial charge on any atom is -0.497 e. The number of alkyl halides is 3. The summed E-state index contributed by atoms with van der Waals surface area (Å²) >= 11 is 2.44. The first kappa shape index (κ1) is 26.4. The molecule has 37 heavy (non-hydrogen) atoms. The highest BCUT2D eigenvalue weighted by molar-refractivity contribution is 7.99. The van der Waals surface area contributed by atoms with Crippen LogP contribution in [0.3, 0.4) is 0 Å². The molecule has 12 heteroatoms. The van der Waals surface area contributed by atoms with E-state index in [4.69, 9.17) is 4.74 Å². The van der Waals surface area contributed by atoms with Gasteiger partial charge in [0.25, 0.3) is 0 Å². The molecule has 0 radical (unpaired) electrons. The van der Waals surface area contributed by atoms with E-state index in [0.29, 0.717) is 28.2 Å². The summed E-state index contributed by atoms with van der Waals surface area (Å²) in [6.07, 6.45) is -0.839. The van der Waals surface area contributed by atoms with Gasteiger partial charge in [0.2, 0.25) is 5.91 Å². The standard InChI is InChI=1S/C25H22F3N5O2S2/c1-3-11-33-22(17-7-9-19(35-2)10-8-17)31-32-24(33)36-15-21(34)30-23-29-14-20(37-23)13-16-5-4-6-18(12-16)25(26,27)28/h3-10,12,14H,1,11,13,15H2,2H3,(H,29,30,34). The molecule has 0 spiro atoms. The maximum atomic E-state index is 13.0. The molecule has 0 aliphatic rings. The fourth-order valence-electron chi connectivity index (χ4n) is 3.43. The number of thioether (sulfide) groups is 1. The molecule has 0 saturated carbocycles. The van der Waals surface area contributed by atoms with Gasteiger partial charge in [0.15, 0.2) is 16.1 Å². The molecule has 2 aromatic heterocycles. The summed E-state index contributed by atoms with van der Waals surface area (Å²) < 4.78 is 45.9. The van der Waals surface area contributed by atoms with Crippen molar-refractivity contribution in [3.8, 4) is 17.1 Å². The van der Waals surface area contributed by atoms with Crippen molar-refractivity contribution in [2.24, 2.45) is 0 Å². The van der Waals surface area contributed by atoms with E-state index < -0.39 is 11.7 Å².